The van der Waals surface area contributed by atoms with Crippen LogP contribution in [0.3, 0.4) is 0 Å². The van der Waals surface area contributed by atoms with Gasteiger partial charge in [-0.25, -0.2) is 0 Å². The topological polar surface area (TPSA) is 45.3 Å². The first kappa shape index (κ1) is 13.7. The molecule has 1 aliphatic heterocycles. The third-order valence-electron chi connectivity index (χ3n) is 4.08. The molecule has 1 aliphatic rings. The number of fused-ring (bicyclic) bond motifs is 1. The number of nitrogens with one attached hydrogen (secondary N) is 1. The number of hydrogen-bond donors (Lipinski definition) is 1. The van der Waals surface area contributed by atoms with Crippen LogP contribution in [0.15, 0.2) is 36.5 Å². The van der Waals surface area contributed by atoms with Gasteiger partial charge in [0.25, 0.3) is 0 Å². The number of hydrogen-bond acceptors (Lipinski definition) is 2. The minimum Gasteiger partial charge on any atom is -0.496 e. The number of aryl methyl sites for hydroxylation is 1. The number of aromatic nitrogens is 1. The summed E-state index contributed by atoms with van der Waals surface area (Å²) in [7, 11) is 1.67. The van der Waals surface area contributed by atoms with Gasteiger partial charge in [-0.05, 0) is 29.7 Å². The van der Waals surface area contributed by atoms with Crippen molar-refractivity contribution in [1.29, 1.82) is 0 Å². The Labute approximate surface area is 124 Å². The fourth-order valence-corrected chi connectivity index (χ4v) is 2.87. The second kappa shape index (κ2) is 6.04. The Morgan fingerprint density at radius 3 is 3.05 bits per heavy atom. The standard InChI is InChI=1S/C17H20N2O2/c1-21-16-5-3-2-4-13(16)6-7-17(20)19-11-9-15-14(12-19)8-10-18-15/h2-5,8,10,18H,6-7,9,11-12H2,1H3. The molecule has 0 spiro atoms. The van der Waals surface area contributed by atoms with Gasteiger partial charge in [-0.2, -0.15) is 0 Å². The molecule has 3 rings (SSSR count). The molecule has 21 heavy (non-hydrogen) atoms. The fourth-order valence-electron chi connectivity index (χ4n) is 2.87. The maximum atomic E-state index is 12.4. The number of amides is 1. The first-order valence-electron chi connectivity index (χ1n) is 7.32. The number of benzene rings is 1. The zero-order chi connectivity index (χ0) is 14.7. The quantitative estimate of drug-likeness (QED) is 0.937. The highest BCUT2D eigenvalue weighted by atomic mass is 16.5. The Balaban J connectivity index is 1.60. The number of para-hydroxylation sites is 1. The second-order valence-electron chi connectivity index (χ2n) is 5.36. The van der Waals surface area contributed by atoms with E-state index >= 15 is 0 Å². The van der Waals surface area contributed by atoms with Crippen LogP contribution in [0.5, 0.6) is 5.75 Å². The van der Waals surface area contributed by atoms with E-state index in [2.05, 4.69) is 11.1 Å². The van der Waals surface area contributed by atoms with E-state index in [9.17, 15) is 4.79 Å². The van der Waals surface area contributed by atoms with Crippen molar-refractivity contribution in [1.82, 2.24) is 9.88 Å². The maximum absolute atomic E-state index is 12.4. The van der Waals surface area contributed by atoms with Gasteiger partial charge in [0.2, 0.25) is 5.91 Å². The number of aromatic amines is 1. The van der Waals surface area contributed by atoms with Crippen LogP contribution in [0, 0.1) is 0 Å². The zero-order valence-electron chi connectivity index (χ0n) is 12.3. The minimum absolute atomic E-state index is 0.216. The molecule has 2 heterocycles. The molecule has 0 unspecified atom stereocenters. The molecule has 0 saturated heterocycles. The van der Waals surface area contributed by atoms with Gasteiger partial charge in [0.15, 0.2) is 0 Å². The summed E-state index contributed by atoms with van der Waals surface area (Å²) in [4.78, 5) is 17.6. The lowest BCUT2D eigenvalue weighted by Gasteiger charge is -2.27. The number of nitrogens with zero attached hydrogens (tertiary/aromatic N) is 1. The second-order valence-corrected chi connectivity index (χ2v) is 5.36. The average molecular weight is 284 g/mol. The molecule has 4 nitrogen and oxygen atoms in total. The number of rotatable bonds is 4. The highest BCUT2D eigenvalue weighted by Crippen LogP contribution is 2.21. The van der Waals surface area contributed by atoms with Crippen molar-refractivity contribution < 1.29 is 9.53 Å². The first-order valence-corrected chi connectivity index (χ1v) is 7.32. The molecule has 1 aromatic heterocycles. The summed E-state index contributed by atoms with van der Waals surface area (Å²) < 4.78 is 5.33. The fraction of sp³-hybridized carbons (Fsp3) is 0.353. The highest BCUT2D eigenvalue weighted by Gasteiger charge is 2.21. The van der Waals surface area contributed by atoms with Crippen molar-refractivity contribution in [3.8, 4) is 5.75 Å². The first-order chi connectivity index (χ1) is 10.3. The number of ether oxygens (including phenoxy) is 1. The van der Waals surface area contributed by atoms with Gasteiger partial charge in [-0.3, -0.25) is 4.79 Å². The molecule has 0 saturated carbocycles. The van der Waals surface area contributed by atoms with E-state index in [1.54, 1.807) is 7.11 Å². The summed E-state index contributed by atoms with van der Waals surface area (Å²) in [5.74, 6) is 1.07. The number of carbonyl (C=O) groups is 1. The molecule has 2 aromatic rings. The highest BCUT2D eigenvalue weighted by molar-refractivity contribution is 5.76. The van der Waals surface area contributed by atoms with Crippen molar-refractivity contribution >= 4 is 5.91 Å². The van der Waals surface area contributed by atoms with E-state index in [0.717, 1.165) is 37.2 Å². The summed E-state index contributed by atoms with van der Waals surface area (Å²) in [6, 6.07) is 9.95. The SMILES string of the molecule is COc1ccccc1CCC(=O)N1CCc2[nH]ccc2C1. The van der Waals surface area contributed by atoms with Crippen LogP contribution in [-0.4, -0.2) is 29.4 Å². The minimum atomic E-state index is 0.216. The monoisotopic (exact) mass is 284 g/mol. The van der Waals surface area contributed by atoms with E-state index in [0.29, 0.717) is 6.42 Å². The molecule has 0 atom stereocenters. The third kappa shape index (κ3) is 2.94. The molecule has 0 fully saturated rings. The van der Waals surface area contributed by atoms with Gasteiger partial charge in [-0.1, -0.05) is 18.2 Å². The van der Waals surface area contributed by atoms with Crippen LogP contribution in [-0.2, 0) is 24.2 Å². The Kier molecular flexibility index (Phi) is 3.95. The van der Waals surface area contributed by atoms with Gasteiger partial charge < -0.3 is 14.6 Å². The van der Waals surface area contributed by atoms with Crippen LogP contribution >= 0.6 is 0 Å². The van der Waals surface area contributed by atoms with Crippen LogP contribution < -0.4 is 4.74 Å². The lowest BCUT2D eigenvalue weighted by atomic mass is 10.1. The van der Waals surface area contributed by atoms with Crippen molar-refractivity contribution in [3.05, 3.63) is 53.3 Å². The lowest BCUT2D eigenvalue weighted by molar-refractivity contribution is -0.132. The van der Waals surface area contributed by atoms with Gasteiger partial charge in [0, 0.05) is 37.8 Å². The zero-order valence-corrected chi connectivity index (χ0v) is 12.3. The van der Waals surface area contributed by atoms with Crippen molar-refractivity contribution in [3.63, 3.8) is 0 Å². The molecule has 1 N–H and O–H groups in total. The summed E-state index contributed by atoms with van der Waals surface area (Å²) in [5.41, 5.74) is 3.60. The van der Waals surface area contributed by atoms with Gasteiger partial charge >= 0.3 is 0 Å². The molecule has 1 amide bonds. The van der Waals surface area contributed by atoms with E-state index in [-0.39, 0.29) is 5.91 Å². The van der Waals surface area contributed by atoms with Crippen molar-refractivity contribution in [2.75, 3.05) is 13.7 Å². The number of H-pyrrole nitrogens is 1. The normalized spacial score (nSPS) is 13.9. The summed E-state index contributed by atoms with van der Waals surface area (Å²) in [5, 5.41) is 0. The van der Waals surface area contributed by atoms with Gasteiger partial charge in [-0.15, -0.1) is 0 Å². The summed E-state index contributed by atoms with van der Waals surface area (Å²) in [6.07, 6.45) is 4.12. The molecule has 110 valence electrons. The van der Waals surface area contributed by atoms with Gasteiger partial charge in [0.05, 0.1) is 7.11 Å². The number of carbonyl (C=O) groups excluding carboxylic acids is 1. The largest absolute Gasteiger partial charge is 0.496 e. The Hall–Kier alpha value is -2.23. The van der Waals surface area contributed by atoms with E-state index in [1.807, 2.05) is 35.4 Å². The van der Waals surface area contributed by atoms with E-state index < -0.39 is 0 Å². The number of methoxy groups -OCH3 is 1. The third-order valence-corrected chi connectivity index (χ3v) is 4.08. The molecule has 0 bridgehead atoms. The molecular formula is C17H20N2O2. The smallest absolute Gasteiger partial charge is 0.223 e. The Bertz CT molecular complexity index is 633. The molecule has 4 heteroatoms. The van der Waals surface area contributed by atoms with Crippen molar-refractivity contribution in [2.24, 2.45) is 0 Å². The predicted molar refractivity (Wildman–Crippen MR) is 81.2 cm³/mol. The van der Waals surface area contributed by atoms with Crippen LogP contribution in [0.1, 0.15) is 23.2 Å². The van der Waals surface area contributed by atoms with Crippen LogP contribution in [0.25, 0.3) is 0 Å². The summed E-state index contributed by atoms with van der Waals surface area (Å²) >= 11 is 0. The molecular weight excluding hydrogens is 264 g/mol. The molecule has 1 aromatic carbocycles. The lowest BCUT2D eigenvalue weighted by Crippen LogP contribution is -2.35. The van der Waals surface area contributed by atoms with E-state index in [1.165, 1.54) is 11.3 Å². The van der Waals surface area contributed by atoms with Crippen molar-refractivity contribution in [2.45, 2.75) is 25.8 Å². The van der Waals surface area contributed by atoms with E-state index in [4.69, 9.17) is 4.74 Å². The predicted octanol–water partition coefficient (Wildman–Crippen LogP) is 2.54. The molecule has 0 aliphatic carbocycles. The van der Waals surface area contributed by atoms with Crippen LogP contribution in [0.2, 0.25) is 0 Å². The Morgan fingerprint density at radius 2 is 2.19 bits per heavy atom. The summed E-state index contributed by atoms with van der Waals surface area (Å²) in [6.45, 7) is 1.53. The van der Waals surface area contributed by atoms with Crippen LogP contribution in [0.4, 0.5) is 0 Å². The maximum Gasteiger partial charge on any atom is 0.223 e. The Morgan fingerprint density at radius 1 is 1.33 bits per heavy atom. The van der Waals surface area contributed by atoms with Gasteiger partial charge in [0.1, 0.15) is 5.75 Å². The molecule has 0 radical (unpaired) electrons. The average Bonchev–Trinajstić information content (AvgIpc) is 3.00.